The van der Waals surface area contributed by atoms with Gasteiger partial charge in [-0.1, -0.05) is 39.3 Å². The van der Waals surface area contributed by atoms with Crippen LogP contribution in [-0.2, 0) is 9.59 Å². The summed E-state index contributed by atoms with van der Waals surface area (Å²) in [4.78, 5) is 76.2. The molecule has 1 unspecified atom stereocenters. The number of anilines is 2. The van der Waals surface area contributed by atoms with Gasteiger partial charge in [-0.25, -0.2) is 9.37 Å². The molecular formula is C44H48ClFN8O6. The fraction of sp³-hybridized carbons (Fsp3) is 0.477. The number of hydrogen-bond donors (Lipinski definition) is 2. The van der Waals surface area contributed by atoms with Crippen LogP contribution in [0.5, 0.6) is 5.75 Å². The number of halogens is 2. The van der Waals surface area contributed by atoms with E-state index in [1.165, 1.54) is 12.3 Å². The zero-order valence-corrected chi connectivity index (χ0v) is 34.9. The van der Waals surface area contributed by atoms with E-state index in [2.05, 4.69) is 30.3 Å². The van der Waals surface area contributed by atoms with Crippen molar-refractivity contribution in [3.8, 4) is 11.8 Å². The number of carbonyl (C=O) groups is 5. The first-order valence-corrected chi connectivity index (χ1v) is 20.8. The Kier molecular flexibility index (Phi) is 10.8. The zero-order valence-electron chi connectivity index (χ0n) is 34.1. The van der Waals surface area contributed by atoms with Crippen LogP contribution < -0.4 is 25.2 Å². The first-order valence-electron chi connectivity index (χ1n) is 20.5. The van der Waals surface area contributed by atoms with Crippen molar-refractivity contribution in [3.63, 3.8) is 0 Å². The van der Waals surface area contributed by atoms with Crippen LogP contribution in [0.25, 0.3) is 0 Å². The van der Waals surface area contributed by atoms with Gasteiger partial charge >= 0.3 is 0 Å². The van der Waals surface area contributed by atoms with E-state index >= 15 is 4.39 Å². The van der Waals surface area contributed by atoms with Crippen LogP contribution in [0, 0.1) is 33.9 Å². The van der Waals surface area contributed by atoms with E-state index in [4.69, 9.17) is 16.3 Å². The number of nitriles is 1. The number of carbonyl (C=O) groups excluding carboxylic acids is 5. The quantitative estimate of drug-likeness (QED) is 0.284. The number of rotatable bonds is 9. The molecule has 3 aromatic rings. The number of nitrogens with one attached hydrogen (secondary N) is 2. The lowest BCUT2D eigenvalue weighted by molar-refractivity contribution is -0.164. The Morgan fingerprint density at radius 1 is 0.933 bits per heavy atom. The summed E-state index contributed by atoms with van der Waals surface area (Å²) in [6, 6.07) is 12.2. The molecule has 2 aromatic carbocycles. The lowest BCUT2D eigenvalue weighted by atomic mass is 9.49. The third-order valence-electron chi connectivity index (χ3n) is 13.1. The van der Waals surface area contributed by atoms with Crippen LogP contribution in [0.4, 0.5) is 15.9 Å². The molecule has 0 spiro atoms. The summed E-state index contributed by atoms with van der Waals surface area (Å²) in [5.41, 5.74) is 0.631. The summed E-state index contributed by atoms with van der Waals surface area (Å²) >= 11 is 6.23. The minimum atomic E-state index is -0.996. The van der Waals surface area contributed by atoms with Crippen molar-refractivity contribution in [1.82, 2.24) is 25.4 Å². The molecule has 16 heteroatoms. The minimum absolute atomic E-state index is 0.0735. The second-order valence-corrected chi connectivity index (χ2v) is 18.1. The van der Waals surface area contributed by atoms with Crippen molar-refractivity contribution in [2.45, 2.75) is 71.6 Å². The summed E-state index contributed by atoms with van der Waals surface area (Å²) in [7, 11) is 0. The summed E-state index contributed by atoms with van der Waals surface area (Å²) < 4.78 is 21.9. The molecule has 8 rings (SSSR count). The molecule has 1 aromatic heterocycles. The van der Waals surface area contributed by atoms with Gasteiger partial charge in [-0.15, -0.1) is 0 Å². The molecule has 2 N–H and O–H groups in total. The number of amides is 5. The maximum absolute atomic E-state index is 15.6. The van der Waals surface area contributed by atoms with Crippen LogP contribution in [-0.4, -0.2) is 108 Å². The highest BCUT2D eigenvalue weighted by Crippen LogP contribution is 2.55. The number of fused-ring (bicyclic) bond motifs is 1. The van der Waals surface area contributed by atoms with E-state index in [0.717, 1.165) is 69.2 Å². The van der Waals surface area contributed by atoms with Crippen LogP contribution in [0.1, 0.15) is 90.0 Å². The number of piperidine rings is 2. The van der Waals surface area contributed by atoms with Crippen molar-refractivity contribution in [2.24, 2.45) is 16.7 Å². The van der Waals surface area contributed by atoms with Gasteiger partial charge in [-0.3, -0.25) is 39.1 Å². The molecule has 5 heterocycles. The van der Waals surface area contributed by atoms with Crippen LogP contribution in [0.2, 0.25) is 5.02 Å². The molecule has 4 aliphatic heterocycles. The molecule has 314 valence electrons. The summed E-state index contributed by atoms with van der Waals surface area (Å²) in [5, 5.41) is 14.8. The number of benzene rings is 2. The van der Waals surface area contributed by atoms with Crippen molar-refractivity contribution >= 4 is 52.6 Å². The normalized spacial score (nSPS) is 24.1. The second-order valence-electron chi connectivity index (χ2n) is 17.7. The predicted octanol–water partition coefficient (Wildman–Crippen LogP) is 4.80. The number of nitrogens with zero attached hydrogens (tertiary/aromatic N) is 6. The summed E-state index contributed by atoms with van der Waals surface area (Å²) in [5.74, 6) is -1.73. The van der Waals surface area contributed by atoms with E-state index < -0.39 is 52.2 Å². The summed E-state index contributed by atoms with van der Waals surface area (Å²) in [6.07, 6.45) is 3.05. The average Bonchev–Trinajstić information content (AvgIpc) is 3.47. The fourth-order valence-electron chi connectivity index (χ4n) is 10.1. The van der Waals surface area contributed by atoms with Gasteiger partial charge in [-0.2, -0.15) is 5.26 Å². The van der Waals surface area contributed by atoms with Gasteiger partial charge in [0.1, 0.15) is 35.6 Å². The topological polar surface area (TPSA) is 168 Å². The Hall–Kier alpha value is -5.59. The van der Waals surface area contributed by atoms with Crippen molar-refractivity contribution in [2.75, 3.05) is 55.6 Å². The Balaban J connectivity index is 0.804. The Bertz CT molecular complexity index is 2300. The number of hydrogen-bond acceptors (Lipinski definition) is 11. The largest absolute Gasteiger partial charge is 0.489 e. The molecule has 1 atom stereocenters. The number of aromatic nitrogens is 1. The van der Waals surface area contributed by atoms with Gasteiger partial charge in [0, 0.05) is 93.1 Å². The van der Waals surface area contributed by atoms with E-state index in [0.29, 0.717) is 28.1 Å². The Morgan fingerprint density at radius 3 is 2.28 bits per heavy atom. The highest BCUT2D eigenvalue weighted by Gasteiger charge is 2.64. The number of piperazine rings is 1. The monoisotopic (exact) mass is 838 g/mol. The third-order valence-corrected chi connectivity index (χ3v) is 13.4. The predicted molar refractivity (Wildman–Crippen MR) is 220 cm³/mol. The van der Waals surface area contributed by atoms with Gasteiger partial charge in [-0.05, 0) is 55.5 Å². The highest BCUT2D eigenvalue weighted by molar-refractivity contribution is 6.31. The van der Waals surface area contributed by atoms with E-state index in [9.17, 15) is 29.2 Å². The van der Waals surface area contributed by atoms with E-state index in [-0.39, 0.29) is 41.7 Å². The standard InChI is InChI=1S/C44H48ClFN8O6/c1-43(2)41(44(3,4)42(43)60-28-7-5-26(22-47)32(45)20-28)50-37(56)31-23-48-35(21-33(31)46)53-13-11-25(12-14-53)24-51-15-17-52(18-16-51)27-6-8-29-30(19-27)40(59)54(39(29)58)34-9-10-36(55)49-38(34)57/h5-8,19-21,23,25,34,41-42H,9-18,24H2,1-4H3,(H,50,56)(H,49,55,57)/t34?,41-,42-. The molecule has 0 bridgehead atoms. The zero-order chi connectivity index (χ0) is 42.7. The number of pyridine rings is 1. The Morgan fingerprint density at radius 2 is 1.63 bits per heavy atom. The minimum Gasteiger partial charge on any atom is -0.489 e. The van der Waals surface area contributed by atoms with Gasteiger partial charge in [0.05, 0.1) is 27.3 Å². The van der Waals surface area contributed by atoms with Gasteiger partial charge in [0.2, 0.25) is 11.8 Å². The number of imide groups is 2. The lowest BCUT2D eigenvalue weighted by Gasteiger charge is -2.63. The molecule has 0 radical (unpaired) electrons. The number of ether oxygens (including phenoxy) is 1. The SMILES string of the molecule is CC1(C)[C@H](NC(=O)c2cnc(N3CCC(CN4CCN(c5ccc6c(c5)C(=O)N(C5CCC(=O)NC5=O)C6=O)CC4)CC3)cc2F)C(C)(C)[C@H]1Oc1ccc(C#N)c(Cl)c1. The molecule has 4 fully saturated rings. The smallest absolute Gasteiger partial charge is 0.262 e. The molecule has 5 amide bonds. The van der Waals surface area contributed by atoms with Crippen LogP contribution in [0.15, 0.2) is 48.7 Å². The van der Waals surface area contributed by atoms with Crippen LogP contribution in [0.3, 0.4) is 0 Å². The first kappa shape index (κ1) is 41.2. The van der Waals surface area contributed by atoms with Crippen LogP contribution >= 0.6 is 11.6 Å². The van der Waals surface area contributed by atoms with Gasteiger partial charge in [0.25, 0.3) is 17.7 Å². The molecule has 5 aliphatic rings. The van der Waals surface area contributed by atoms with E-state index in [1.54, 1.807) is 30.3 Å². The van der Waals surface area contributed by atoms with Crippen molar-refractivity contribution in [3.05, 3.63) is 81.8 Å². The first-order chi connectivity index (χ1) is 28.6. The molecule has 1 saturated carbocycles. The average molecular weight is 839 g/mol. The third kappa shape index (κ3) is 7.44. The van der Waals surface area contributed by atoms with Crippen molar-refractivity contribution < 1.29 is 33.1 Å². The fourth-order valence-corrected chi connectivity index (χ4v) is 10.3. The molecule has 3 saturated heterocycles. The Labute approximate surface area is 353 Å². The molecular weight excluding hydrogens is 791 g/mol. The van der Waals surface area contributed by atoms with Gasteiger partial charge in [0.15, 0.2) is 0 Å². The van der Waals surface area contributed by atoms with E-state index in [1.807, 2.05) is 39.8 Å². The van der Waals surface area contributed by atoms with Crippen molar-refractivity contribution in [1.29, 1.82) is 5.26 Å². The summed E-state index contributed by atoms with van der Waals surface area (Å²) in [6.45, 7) is 13.5. The molecule has 60 heavy (non-hydrogen) atoms. The lowest BCUT2D eigenvalue weighted by Crippen LogP contribution is -2.74. The second kappa shape index (κ2) is 15.8. The van der Waals surface area contributed by atoms with Gasteiger partial charge < -0.3 is 19.9 Å². The molecule has 1 aliphatic carbocycles. The molecule has 14 nitrogen and oxygen atoms in total. The maximum Gasteiger partial charge on any atom is 0.262 e. The maximum atomic E-state index is 15.6. The highest BCUT2D eigenvalue weighted by atomic mass is 35.5.